The number of fused-ring (bicyclic) bond motifs is 1. The fraction of sp³-hybridized carbons (Fsp3) is 0.538. The van der Waals surface area contributed by atoms with E-state index >= 15 is 0 Å². The molecule has 130 valence electrons. The molecule has 0 radical (unpaired) electrons. The number of carbonyl (C=O) groups is 2. The van der Waals surface area contributed by atoms with Gasteiger partial charge in [-0.05, 0) is 12.3 Å². The van der Waals surface area contributed by atoms with Gasteiger partial charge in [0, 0.05) is 5.88 Å². The van der Waals surface area contributed by atoms with Crippen LogP contribution in [0.1, 0.15) is 30.8 Å². The summed E-state index contributed by atoms with van der Waals surface area (Å²) in [6.07, 6.45) is 1.41. The summed E-state index contributed by atoms with van der Waals surface area (Å²) < 4.78 is 2.11. The molecule has 1 amide bonds. The van der Waals surface area contributed by atoms with Crippen molar-refractivity contribution in [1.82, 2.24) is 29.7 Å². The lowest BCUT2D eigenvalue weighted by molar-refractivity contribution is -0.139. The van der Waals surface area contributed by atoms with Gasteiger partial charge in [-0.2, -0.15) is 4.68 Å². The van der Waals surface area contributed by atoms with E-state index in [1.54, 1.807) is 0 Å². The van der Waals surface area contributed by atoms with E-state index in [0.29, 0.717) is 0 Å². The summed E-state index contributed by atoms with van der Waals surface area (Å²) in [5.41, 5.74) is -0.742. The van der Waals surface area contributed by atoms with Crippen molar-refractivity contribution in [2.45, 2.75) is 32.9 Å². The van der Waals surface area contributed by atoms with Gasteiger partial charge < -0.3 is 10.4 Å². The third kappa shape index (κ3) is 3.70. The van der Waals surface area contributed by atoms with E-state index in [-0.39, 0.29) is 36.1 Å². The Morgan fingerprint density at radius 2 is 2.12 bits per heavy atom. The molecule has 2 rings (SSSR count). The Bertz CT molecular complexity index is 814. The molecule has 2 N–H and O–H groups in total. The summed E-state index contributed by atoms with van der Waals surface area (Å²) in [4.78, 5) is 39.5. The minimum atomic E-state index is -1.14. The van der Waals surface area contributed by atoms with Crippen molar-refractivity contribution >= 4 is 29.1 Å². The lowest BCUT2D eigenvalue weighted by Crippen LogP contribution is -2.42. The van der Waals surface area contributed by atoms with E-state index in [0.717, 1.165) is 15.4 Å². The number of nitrogens with one attached hydrogen (secondary N) is 1. The molecule has 0 fully saturated rings. The monoisotopic (exact) mass is 356 g/mol. The van der Waals surface area contributed by atoms with Gasteiger partial charge in [0.15, 0.2) is 11.3 Å². The molecule has 0 aliphatic carbocycles. The summed E-state index contributed by atoms with van der Waals surface area (Å²) in [6, 6.07) is -1.06. The lowest BCUT2D eigenvalue weighted by atomic mass is 10.0. The summed E-state index contributed by atoms with van der Waals surface area (Å²) in [5.74, 6) is -1.62. The van der Waals surface area contributed by atoms with Crippen LogP contribution in [0.4, 0.5) is 0 Å². The zero-order valence-electron chi connectivity index (χ0n) is 13.1. The number of hydrogen-bond acceptors (Lipinski definition) is 6. The summed E-state index contributed by atoms with van der Waals surface area (Å²) in [7, 11) is 0. The normalized spacial score (nSPS) is 12.5. The number of rotatable bonds is 7. The summed E-state index contributed by atoms with van der Waals surface area (Å²) >= 11 is 5.57. The molecule has 2 aromatic rings. The largest absolute Gasteiger partial charge is 0.480 e. The van der Waals surface area contributed by atoms with Crippen molar-refractivity contribution in [1.29, 1.82) is 0 Å². The smallest absolute Gasteiger partial charge is 0.353 e. The van der Waals surface area contributed by atoms with Crippen LogP contribution < -0.4 is 11.0 Å². The number of alkyl halides is 1. The average molecular weight is 357 g/mol. The lowest BCUT2D eigenvalue weighted by Gasteiger charge is -2.15. The molecule has 0 aliphatic rings. The highest BCUT2D eigenvalue weighted by Gasteiger charge is 2.25. The van der Waals surface area contributed by atoms with E-state index in [1.165, 1.54) is 0 Å². The van der Waals surface area contributed by atoms with Crippen molar-refractivity contribution in [2.75, 3.05) is 5.88 Å². The Morgan fingerprint density at radius 1 is 1.42 bits per heavy atom. The Balaban J connectivity index is 2.31. The minimum absolute atomic E-state index is 0.0444. The maximum atomic E-state index is 12.3. The maximum absolute atomic E-state index is 12.3. The van der Waals surface area contributed by atoms with Gasteiger partial charge in [0.05, 0.1) is 6.54 Å². The van der Waals surface area contributed by atoms with Crippen molar-refractivity contribution in [3.8, 4) is 0 Å². The van der Waals surface area contributed by atoms with Gasteiger partial charge in [-0.3, -0.25) is 4.79 Å². The predicted molar refractivity (Wildman–Crippen MR) is 84.1 cm³/mol. The topological polar surface area (TPSA) is 131 Å². The first-order chi connectivity index (χ1) is 11.3. The molecule has 0 spiro atoms. The number of aryl methyl sites for hydroxylation is 1. The van der Waals surface area contributed by atoms with Crippen LogP contribution in [0.25, 0.3) is 5.65 Å². The second kappa shape index (κ2) is 7.39. The van der Waals surface area contributed by atoms with Crippen LogP contribution in [0.5, 0.6) is 0 Å². The molecule has 2 aromatic heterocycles. The molecule has 2 heterocycles. The SMILES string of the molecule is CC(C)C[C@@H](NC(=O)c1ncn2c(=O)n(CCCl)nnc12)C(=O)O. The van der Waals surface area contributed by atoms with Crippen LogP contribution in [0.3, 0.4) is 0 Å². The molecule has 10 nitrogen and oxygen atoms in total. The van der Waals surface area contributed by atoms with E-state index < -0.39 is 23.6 Å². The fourth-order valence-electron chi connectivity index (χ4n) is 2.14. The molecule has 1 atom stereocenters. The Morgan fingerprint density at radius 3 is 2.71 bits per heavy atom. The highest BCUT2D eigenvalue weighted by Crippen LogP contribution is 2.08. The molecule has 0 aliphatic heterocycles. The first kappa shape index (κ1) is 17.9. The van der Waals surface area contributed by atoms with Crippen molar-refractivity contribution < 1.29 is 14.7 Å². The van der Waals surface area contributed by atoms with Crippen LogP contribution in [-0.4, -0.2) is 53.3 Å². The van der Waals surface area contributed by atoms with Gasteiger partial charge in [-0.25, -0.2) is 19.0 Å². The number of aromatic nitrogens is 5. The number of halogens is 1. The molecule has 0 bridgehead atoms. The zero-order chi connectivity index (χ0) is 17.9. The van der Waals surface area contributed by atoms with Crippen molar-refractivity contribution in [2.24, 2.45) is 5.92 Å². The molecular formula is C13H17ClN6O4. The number of carboxylic acids is 1. The second-order valence-electron chi connectivity index (χ2n) is 5.56. The number of nitrogens with zero attached hydrogens (tertiary/aromatic N) is 5. The first-order valence-corrected chi connectivity index (χ1v) is 7.79. The second-order valence-corrected chi connectivity index (χ2v) is 5.94. The summed E-state index contributed by atoms with van der Waals surface area (Å²) in [6.45, 7) is 3.86. The number of carbonyl (C=O) groups excluding carboxylic acids is 1. The number of aliphatic carboxylic acids is 1. The van der Waals surface area contributed by atoms with E-state index in [9.17, 15) is 19.5 Å². The van der Waals surface area contributed by atoms with Crippen LogP contribution in [-0.2, 0) is 11.3 Å². The first-order valence-electron chi connectivity index (χ1n) is 7.25. The number of imidazole rings is 1. The van der Waals surface area contributed by atoms with Gasteiger partial charge in [-0.15, -0.1) is 16.7 Å². The molecule has 0 unspecified atom stereocenters. The highest BCUT2D eigenvalue weighted by molar-refractivity contribution is 6.17. The maximum Gasteiger partial charge on any atom is 0.353 e. The minimum Gasteiger partial charge on any atom is -0.480 e. The number of hydrogen-bond donors (Lipinski definition) is 2. The van der Waals surface area contributed by atoms with Crippen molar-refractivity contribution in [3.05, 3.63) is 22.5 Å². The molecule has 0 aromatic carbocycles. The molecule has 0 saturated heterocycles. The van der Waals surface area contributed by atoms with Crippen LogP contribution in [0, 0.1) is 5.92 Å². The number of carboxylic acid groups (broad SMARTS) is 1. The van der Waals surface area contributed by atoms with Crippen LogP contribution in [0.2, 0.25) is 0 Å². The number of amides is 1. The standard InChI is InChI=1S/C13H17ClN6O4/c1-7(2)5-8(12(22)23)16-11(21)9-10-17-18-20(4-3-14)13(24)19(10)6-15-9/h6-8H,3-5H2,1-2H3,(H,16,21)(H,22,23)/t8-/m1/s1. The zero-order valence-corrected chi connectivity index (χ0v) is 13.9. The van der Waals surface area contributed by atoms with Gasteiger partial charge >= 0.3 is 11.7 Å². The fourth-order valence-corrected chi connectivity index (χ4v) is 2.30. The molecule has 24 heavy (non-hydrogen) atoms. The third-order valence-corrected chi connectivity index (χ3v) is 3.41. The van der Waals surface area contributed by atoms with E-state index in [1.807, 2.05) is 13.8 Å². The van der Waals surface area contributed by atoms with E-state index in [4.69, 9.17) is 11.6 Å². The Kier molecular flexibility index (Phi) is 5.50. The van der Waals surface area contributed by atoms with Crippen LogP contribution >= 0.6 is 11.6 Å². The molecular weight excluding hydrogens is 340 g/mol. The van der Waals surface area contributed by atoms with Gasteiger partial charge in [0.25, 0.3) is 5.91 Å². The van der Waals surface area contributed by atoms with E-state index in [2.05, 4.69) is 20.6 Å². The van der Waals surface area contributed by atoms with Gasteiger partial charge in [0.2, 0.25) is 0 Å². The Labute approximate surface area is 141 Å². The van der Waals surface area contributed by atoms with Crippen molar-refractivity contribution in [3.63, 3.8) is 0 Å². The highest BCUT2D eigenvalue weighted by atomic mass is 35.5. The third-order valence-electron chi connectivity index (χ3n) is 3.24. The average Bonchev–Trinajstić information content (AvgIpc) is 2.93. The predicted octanol–water partition coefficient (Wildman–Crippen LogP) is -0.246. The van der Waals surface area contributed by atoms with Gasteiger partial charge in [-0.1, -0.05) is 19.1 Å². The molecule has 11 heteroatoms. The quantitative estimate of drug-likeness (QED) is 0.654. The van der Waals surface area contributed by atoms with Gasteiger partial charge in [0.1, 0.15) is 12.4 Å². The Hall–Kier alpha value is -2.49. The van der Waals surface area contributed by atoms with Crippen LogP contribution in [0.15, 0.2) is 11.1 Å². The summed E-state index contributed by atoms with van der Waals surface area (Å²) in [5, 5.41) is 19.1. The molecule has 0 saturated carbocycles.